The van der Waals surface area contributed by atoms with Crippen LogP contribution in [0.25, 0.3) is 11.1 Å². The summed E-state index contributed by atoms with van der Waals surface area (Å²) < 4.78 is 13.1. The van der Waals surface area contributed by atoms with Crippen LogP contribution in [0.3, 0.4) is 0 Å². The fourth-order valence-corrected chi connectivity index (χ4v) is 1.81. The van der Waals surface area contributed by atoms with E-state index in [-0.39, 0.29) is 17.2 Å². The van der Waals surface area contributed by atoms with Crippen LogP contribution >= 0.6 is 0 Å². The van der Waals surface area contributed by atoms with E-state index in [1.54, 1.807) is 6.92 Å². The van der Waals surface area contributed by atoms with E-state index in [1.165, 1.54) is 18.2 Å². The zero-order valence-corrected chi connectivity index (χ0v) is 10.4. The highest BCUT2D eigenvalue weighted by atomic mass is 19.1. The van der Waals surface area contributed by atoms with Crippen molar-refractivity contribution in [2.75, 3.05) is 0 Å². The number of aromatic nitrogens is 2. The Morgan fingerprint density at radius 1 is 1.53 bits per heavy atom. The fraction of sp³-hybridized carbons (Fsp3) is 0.231. The molecule has 0 aliphatic heterocycles. The molecule has 1 aromatic heterocycles. The lowest BCUT2D eigenvalue weighted by Crippen LogP contribution is -2.22. The van der Waals surface area contributed by atoms with Gasteiger partial charge in [-0.25, -0.2) is 4.39 Å². The number of H-pyrrole nitrogens is 1. The van der Waals surface area contributed by atoms with Crippen LogP contribution in [0.5, 0.6) is 5.88 Å². The van der Waals surface area contributed by atoms with Crippen LogP contribution in [0.4, 0.5) is 4.39 Å². The molecular weight excluding hydrogens is 249 g/mol. The topological polar surface area (TPSA) is 92.0 Å². The van der Waals surface area contributed by atoms with Gasteiger partial charge in [-0.05, 0) is 24.6 Å². The highest BCUT2D eigenvalue weighted by molar-refractivity contribution is 5.67. The third-order valence-electron chi connectivity index (χ3n) is 2.58. The lowest BCUT2D eigenvalue weighted by atomic mass is 10.1. The molecule has 0 bridgehead atoms. The smallest absolute Gasteiger partial charge is 0.262 e. The molecule has 5 nitrogen and oxygen atoms in total. The molecule has 6 heteroatoms. The molecular formula is C13H14FN3O2. The largest absolute Gasteiger partial charge is 0.493 e. The van der Waals surface area contributed by atoms with Crippen LogP contribution in [0.2, 0.25) is 0 Å². The van der Waals surface area contributed by atoms with Crippen LogP contribution in [-0.2, 0) is 6.42 Å². The molecule has 0 spiro atoms. The van der Waals surface area contributed by atoms with Gasteiger partial charge in [-0.3, -0.25) is 4.79 Å². The summed E-state index contributed by atoms with van der Waals surface area (Å²) >= 11 is 0. The minimum Gasteiger partial charge on any atom is -0.493 e. The van der Waals surface area contributed by atoms with Gasteiger partial charge >= 0.3 is 0 Å². The predicted molar refractivity (Wildman–Crippen MR) is 69.3 cm³/mol. The first-order valence-corrected chi connectivity index (χ1v) is 5.81. The van der Waals surface area contributed by atoms with Crippen LogP contribution in [-0.4, -0.2) is 21.1 Å². The van der Waals surface area contributed by atoms with Gasteiger partial charge < -0.3 is 15.8 Å². The van der Waals surface area contributed by atoms with Gasteiger partial charge in [0.1, 0.15) is 17.2 Å². The summed E-state index contributed by atoms with van der Waals surface area (Å²) in [6, 6.07) is 5.21. The normalized spacial score (nSPS) is 12.4. The maximum atomic E-state index is 13.1. The predicted octanol–water partition coefficient (Wildman–Crippen LogP) is 1.17. The number of halogens is 1. The van der Waals surface area contributed by atoms with Crippen LogP contribution in [0.1, 0.15) is 12.7 Å². The standard InChI is InChI=1S/C13H14FN3O2/c1-7(15)5-10-16-12(18)11(13(19)17-10)8-3-2-4-9(14)6-8/h2-4,6-7H,5,15H2,1H3,(H2,16,17,18,19). The number of nitrogens with one attached hydrogen (secondary N) is 1. The van der Waals surface area contributed by atoms with Gasteiger partial charge in [0.05, 0.1) is 0 Å². The molecule has 1 aromatic carbocycles. The Balaban J connectivity index is 2.51. The summed E-state index contributed by atoms with van der Waals surface area (Å²) in [6.07, 6.45) is 0.340. The number of aromatic amines is 1. The number of rotatable bonds is 3. The molecule has 2 aromatic rings. The lowest BCUT2D eigenvalue weighted by molar-refractivity contribution is 0.449. The zero-order chi connectivity index (χ0) is 14.0. The fourth-order valence-electron chi connectivity index (χ4n) is 1.81. The monoisotopic (exact) mass is 263 g/mol. The van der Waals surface area contributed by atoms with E-state index >= 15 is 0 Å². The number of hydrogen-bond donors (Lipinski definition) is 3. The number of hydrogen-bond acceptors (Lipinski definition) is 4. The van der Waals surface area contributed by atoms with E-state index in [1.807, 2.05) is 0 Å². The molecule has 4 N–H and O–H groups in total. The first kappa shape index (κ1) is 13.2. The first-order chi connectivity index (χ1) is 8.97. The van der Waals surface area contributed by atoms with E-state index < -0.39 is 17.3 Å². The SMILES string of the molecule is CC(N)Cc1nc(O)c(-c2cccc(F)c2)c(=O)[nH]1. The summed E-state index contributed by atoms with van der Waals surface area (Å²) in [4.78, 5) is 18.3. The van der Waals surface area contributed by atoms with E-state index in [4.69, 9.17) is 5.73 Å². The Morgan fingerprint density at radius 2 is 2.26 bits per heavy atom. The summed E-state index contributed by atoms with van der Waals surface area (Å²) in [6.45, 7) is 1.76. The van der Waals surface area contributed by atoms with E-state index in [2.05, 4.69) is 9.97 Å². The first-order valence-electron chi connectivity index (χ1n) is 5.81. The van der Waals surface area contributed by atoms with Crippen molar-refractivity contribution >= 4 is 0 Å². The van der Waals surface area contributed by atoms with Gasteiger partial charge in [-0.1, -0.05) is 12.1 Å². The molecule has 1 unspecified atom stereocenters. The number of nitrogens with two attached hydrogens (primary N) is 1. The third kappa shape index (κ3) is 2.97. The van der Waals surface area contributed by atoms with Crippen molar-refractivity contribution in [3.63, 3.8) is 0 Å². The molecule has 0 saturated carbocycles. The van der Waals surface area contributed by atoms with Crippen LogP contribution < -0.4 is 11.3 Å². The molecule has 1 atom stereocenters. The van der Waals surface area contributed by atoms with Gasteiger partial charge in [-0.15, -0.1) is 0 Å². The van der Waals surface area contributed by atoms with E-state index in [0.717, 1.165) is 6.07 Å². The van der Waals surface area contributed by atoms with Crippen molar-refractivity contribution in [2.45, 2.75) is 19.4 Å². The van der Waals surface area contributed by atoms with Crippen LogP contribution in [0, 0.1) is 5.82 Å². The molecule has 0 radical (unpaired) electrons. The van der Waals surface area contributed by atoms with Gasteiger partial charge in [0.2, 0.25) is 5.88 Å². The molecule has 19 heavy (non-hydrogen) atoms. The second kappa shape index (κ2) is 5.19. The average molecular weight is 263 g/mol. The number of nitrogens with zero attached hydrogens (tertiary/aromatic N) is 1. The van der Waals surface area contributed by atoms with Crippen molar-refractivity contribution in [3.05, 3.63) is 46.3 Å². The second-order valence-electron chi connectivity index (χ2n) is 4.40. The molecule has 100 valence electrons. The van der Waals surface area contributed by atoms with Crippen molar-refractivity contribution in [1.29, 1.82) is 0 Å². The van der Waals surface area contributed by atoms with Crippen molar-refractivity contribution in [1.82, 2.24) is 9.97 Å². The van der Waals surface area contributed by atoms with Crippen molar-refractivity contribution in [2.24, 2.45) is 5.73 Å². The second-order valence-corrected chi connectivity index (χ2v) is 4.40. The number of benzene rings is 1. The summed E-state index contributed by atoms with van der Waals surface area (Å²) in [7, 11) is 0. The molecule has 0 saturated heterocycles. The highest BCUT2D eigenvalue weighted by Crippen LogP contribution is 2.23. The Hall–Kier alpha value is -2.21. The third-order valence-corrected chi connectivity index (χ3v) is 2.58. The maximum absolute atomic E-state index is 13.1. The van der Waals surface area contributed by atoms with Gasteiger partial charge in [0.25, 0.3) is 5.56 Å². The summed E-state index contributed by atoms with van der Waals surface area (Å²) in [5.41, 5.74) is 5.31. The van der Waals surface area contributed by atoms with Crippen molar-refractivity contribution < 1.29 is 9.50 Å². The Labute approximate surface area is 108 Å². The minimum atomic E-state index is -0.520. The quantitative estimate of drug-likeness (QED) is 0.775. The Kier molecular flexibility index (Phi) is 3.62. The Morgan fingerprint density at radius 3 is 2.84 bits per heavy atom. The highest BCUT2D eigenvalue weighted by Gasteiger charge is 2.14. The maximum Gasteiger partial charge on any atom is 0.262 e. The lowest BCUT2D eigenvalue weighted by Gasteiger charge is -2.07. The van der Waals surface area contributed by atoms with Crippen LogP contribution in [0.15, 0.2) is 29.1 Å². The number of aromatic hydroxyl groups is 1. The molecule has 1 heterocycles. The van der Waals surface area contributed by atoms with E-state index in [9.17, 15) is 14.3 Å². The molecule has 0 aliphatic carbocycles. The molecule has 0 aliphatic rings. The van der Waals surface area contributed by atoms with Gasteiger partial charge in [0.15, 0.2) is 0 Å². The Bertz CT molecular complexity index is 653. The molecule has 0 fully saturated rings. The van der Waals surface area contributed by atoms with Gasteiger partial charge in [-0.2, -0.15) is 4.98 Å². The van der Waals surface area contributed by atoms with Gasteiger partial charge in [0, 0.05) is 12.5 Å². The average Bonchev–Trinajstić information content (AvgIpc) is 2.26. The zero-order valence-electron chi connectivity index (χ0n) is 10.4. The summed E-state index contributed by atoms with van der Waals surface area (Å²) in [5.74, 6) is -0.612. The minimum absolute atomic E-state index is 0.0482. The van der Waals surface area contributed by atoms with E-state index in [0.29, 0.717) is 12.2 Å². The molecule has 2 rings (SSSR count). The molecule has 0 amide bonds. The summed E-state index contributed by atoms with van der Waals surface area (Å²) in [5, 5.41) is 9.84. The van der Waals surface area contributed by atoms with Crippen molar-refractivity contribution in [3.8, 4) is 17.0 Å².